The number of benzene rings is 2. The summed E-state index contributed by atoms with van der Waals surface area (Å²) in [5.74, 6) is 4.95. The van der Waals surface area contributed by atoms with Crippen molar-refractivity contribution in [3.05, 3.63) is 66.7 Å². The van der Waals surface area contributed by atoms with Gasteiger partial charge in [-0.15, -0.1) is 11.8 Å². The third kappa shape index (κ3) is 7.31. The van der Waals surface area contributed by atoms with Crippen LogP contribution in [0.15, 0.2) is 65.2 Å². The molecule has 0 spiro atoms. The fraction of sp³-hybridized carbons (Fsp3) is 0.423. The van der Waals surface area contributed by atoms with E-state index in [0.717, 1.165) is 53.4 Å². The van der Waals surface area contributed by atoms with Crippen molar-refractivity contribution in [1.29, 1.82) is 0 Å². The first-order valence-electron chi connectivity index (χ1n) is 11.5. The zero-order valence-electron chi connectivity index (χ0n) is 18.6. The molecule has 0 unspecified atom stereocenters. The lowest BCUT2D eigenvalue weighted by atomic mass is 10.2. The molecule has 0 aliphatic carbocycles. The van der Waals surface area contributed by atoms with E-state index in [-0.39, 0.29) is 0 Å². The maximum absolute atomic E-state index is 5.95. The normalized spacial score (nSPS) is 14.8. The summed E-state index contributed by atoms with van der Waals surface area (Å²) in [5.41, 5.74) is 1.01. The summed E-state index contributed by atoms with van der Waals surface area (Å²) in [6.45, 7) is 4.81. The molecule has 5 nitrogen and oxygen atoms in total. The Morgan fingerprint density at radius 2 is 1.56 bits per heavy atom. The van der Waals surface area contributed by atoms with Gasteiger partial charge in [0.15, 0.2) is 5.76 Å². The molecule has 1 aliphatic rings. The Kier molecular flexibility index (Phi) is 8.93. The summed E-state index contributed by atoms with van der Waals surface area (Å²) >= 11 is 1.75. The minimum absolute atomic E-state index is 0.668. The van der Waals surface area contributed by atoms with E-state index < -0.39 is 0 Å². The number of nitrogens with zero attached hydrogens (tertiary/aromatic N) is 2. The molecule has 6 heteroatoms. The van der Waals surface area contributed by atoms with Gasteiger partial charge >= 0.3 is 0 Å². The summed E-state index contributed by atoms with van der Waals surface area (Å²) < 4.78 is 17.6. The molecule has 0 atom stereocenters. The molecule has 0 radical (unpaired) electrons. The van der Waals surface area contributed by atoms with Crippen LogP contribution in [0.25, 0.3) is 11.3 Å². The average molecular weight is 453 g/mol. The molecule has 0 N–H and O–H groups in total. The maximum atomic E-state index is 5.95. The lowest BCUT2D eigenvalue weighted by Gasteiger charge is -2.19. The van der Waals surface area contributed by atoms with Gasteiger partial charge in [0.25, 0.3) is 0 Å². The SMILES string of the molecule is c1ccc(OCCSCc2ncc(-c3ccc(OCCN4CCCCCC4)cc3)o2)cc1. The number of likely N-dealkylation sites (tertiary alicyclic amines) is 1. The molecule has 32 heavy (non-hydrogen) atoms. The van der Waals surface area contributed by atoms with Crippen molar-refractivity contribution in [3.8, 4) is 22.8 Å². The number of hydrogen-bond acceptors (Lipinski definition) is 6. The molecule has 170 valence electrons. The van der Waals surface area contributed by atoms with E-state index in [2.05, 4.69) is 9.88 Å². The number of hydrogen-bond donors (Lipinski definition) is 0. The van der Waals surface area contributed by atoms with Crippen LogP contribution in [0.2, 0.25) is 0 Å². The summed E-state index contributed by atoms with van der Waals surface area (Å²) in [4.78, 5) is 6.93. The third-order valence-electron chi connectivity index (χ3n) is 5.53. The molecule has 0 bridgehead atoms. The van der Waals surface area contributed by atoms with Crippen LogP contribution in [-0.4, -0.2) is 48.5 Å². The molecule has 2 heterocycles. The van der Waals surface area contributed by atoms with Gasteiger partial charge in [-0.1, -0.05) is 31.0 Å². The molecular weight excluding hydrogens is 420 g/mol. The van der Waals surface area contributed by atoms with Gasteiger partial charge in [0.1, 0.15) is 18.1 Å². The Morgan fingerprint density at radius 1 is 0.844 bits per heavy atom. The van der Waals surface area contributed by atoms with Crippen molar-refractivity contribution >= 4 is 11.8 Å². The van der Waals surface area contributed by atoms with Crippen molar-refractivity contribution < 1.29 is 13.9 Å². The molecule has 2 aromatic carbocycles. The van der Waals surface area contributed by atoms with Crippen LogP contribution in [0, 0.1) is 0 Å². The number of oxazole rings is 1. The smallest absolute Gasteiger partial charge is 0.204 e. The molecule has 1 saturated heterocycles. The summed E-state index contributed by atoms with van der Waals surface area (Å²) in [7, 11) is 0. The summed E-state index contributed by atoms with van der Waals surface area (Å²) in [6, 6.07) is 18.0. The van der Waals surface area contributed by atoms with E-state index in [1.54, 1.807) is 18.0 Å². The number of thioether (sulfide) groups is 1. The fourth-order valence-electron chi connectivity index (χ4n) is 3.77. The number of aromatic nitrogens is 1. The second kappa shape index (κ2) is 12.6. The highest BCUT2D eigenvalue weighted by atomic mass is 32.2. The van der Waals surface area contributed by atoms with Crippen molar-refractivity contribution in [1.82, 2.24) is 9.88 Å². The van der Waals surface area contributed by atoms with E-state index in [4.69, 9.17) is 13.9 Å². The largest absolute Gasteiger partial charge is 0.493 e. The average Bonchev–Trinajstić information content (AvgIpc) is 3.15. The molecule has 4 rings (SSSR count). The van der Waals surface area contributed by atoms with Crippen LogP contribution >= 0.6 is 11.8 Å². The van der Waals surface area contributed by atoms with Crippen LogP contribution in [-0.2, 0) is 5.75 Å². The Labute approximate surface area is 195 Å². The lowest BCUT2D eigenvalue weighted by molar-refractivity contribution is 0.214. The predicted octanol–water partition coefficient (Wildman–Crippen LogP) is 5.91. The van der Waals surface area contributed by atoms with Crippen molar-refractivity contribution in [2.45, 2.75) is 31.4 Å². The molecule has 1 fully saturated rings. The van der Waals surface area contributed by atoms with E-state index >= 15 is 0 Å². The Bertz CT molecular complexity index is 906. The van der Waals surface area contributed by atoms with Crippen LogP contribution < -0.4 is 9.47 Å². The van der Waals surface area contributed by atoms with E-state index in [0.29, 0.717) is 6.61 Å². The van der Waals surface area contributed by atoms with Gasteiger partial charge in [0, 0.05) is 17.9 Å². The highest BCUT2D eigenvalue weighted by molar-refractivity contribution is 7.98. The Morgan fingerprint density at radius 3 is 2.34 bits per heavy atom. The van der Waals surface area contributed by atoms with Crippen molar-refractivity contribution in [3.63, 3.8) is 0 Å². The van der Waals surface area contributed by atoms with Gasteiger partial charge in [-0.3, -0.25) is 4.90 Å². The topological polar surface area (TPSA) is 47.7 Å². The first kappa shape index (κ1) is 22.7. The monoisotopic (exact) mass is 452 g/mol. The summed E-state index contributed by atoms with van der Waals surface area (Å²) in [6.07, 6.45) is 7.15. The van der Waals surface area contributed by atoms with E-state index in [1.165, 1.54) is 38.8 Å². The molecule has 0 amide bonds. The maximum Gasteiger partial charge on any atom is 0.204 e. The highest BCUT2D eigenvalue weighted by Gasteiger charge is 2.10. The Hall–Kier alpha value is -2.44. The minimum Gasteiger partial charge on any atom is -0.493 e. The Balaban J connectivity index is 1.16. The number of para-hydroxylation sites is 1. The van der Waals surface area contributed by atoms with E-state index in [1.807, 2.05) is 54.6 Å². The predicted molar refractivity (Wildman–Crippen MR) is 130 cm³/mol. The van der Waals surface area contributed by atoms with Gasteiger partial charge in [-0.2, -0.15) is 0 Å². The second-order valence-electron chi connectivity index (χ2n) is 7.96. The van der Waals surface area contributed by atoms with E-state index in [9.17, 15) is 0 Å². The van der Waals surface area contributed by atoms with Gasteiger partial charge in [-0.05, 0) is 62.3 Å². The standard InChI is InChI=1S/C26H32N2O3S/c1-2-7-15-28(14-6-1)16-17-29-24-12-10-22(11-13-24)25-20-27-26(31-25)21-32-19-18-30-23-8-4-3-5-9-23/h3-5,8-13,20H,1-2,6-7,14-19,21H2. The molecular formula is C26H32N2O3S. The minimum atomic E-state index is 0.668. The molecule has 1 aromatic heterocycles. The number of rotatable bonds is 11. The second-order valence-corrected chi connectivity index (χ2v) is 9.07. The molecule has 3 aromatic rings. The first-order valence-corrected chi connectivity index (χ1v) is 12.7. The van der Waals surface area contributed by atoms with Gasteiger partial charge in [0.2, 0.25) is 5.89 Å². The fourth-order valence-corrected chi connectivity index (χ4v) is 4.43. The van der Waals surface area contributed by atoms with Gasteiger partial charge in [-0.25, -0.2) is 4.98 Å². The van der Waals surface area contributed by atoms with Crippen LogP contribution in [0.3, 0.4) is 0 Å². The van der Waals surface area contributed by atoms with Crippen LogP contribution in [0.4, 0.5) is 0 Å². The van der Waals surface area contributed by atoms with Gasteiger partial charge < -0.3 is 13.9 Å². The van der Waals surface area contributed by atoms with Gasteiger partial charge in [0.05, 0.1) is 18.6 Å². The van der Waals surface area contributed by atoms with Crippen molar-refractivity contribution in [2.75, 3.05) is 38.6 Å². The zero-order chi connectivity index (χ0) is 21.8. The van der Waals surface area contributed by atoms with Crippen LogP contribution in [0.5, 0.6) is 11.5 Å². The molecule has 1 aliphatic heterocycles. The zero-order valence-corrected chi connectivity index (χ0v) is 19.4. The van der Waals surface area contributed by atoms with Crippen LogP contribution in [0.1, 0.15) is 31.6 Å². The highest BCUT2D eigenvalue weighted by Crippen LogP contribution is 2.25. The van der Waals surface area contributed by atoms with Crippen molar-refractivity contribution in [2.24, 2.45) is 0 Å². The quantitative estimate of drug-likeness (QED) is 0.337. The number of ether oxygens (including phenoxy) is 2. The first-order chi connectivity index (χ1) is 15.9. The lowest BCUT2D eigenvalue weighted by Crippen LogP contribution is -2.29. The summed E-state index contributed by atoms with van der Waals surface area (Å²) in [5, 5.41) is 0. The third-order valence-corrected chi connectivity index (χ3v) is 6.44. The molecule has 0 saturated carbocycles.